The van der Waals surface area contributed by atoms with Crippen molar-refractivity contribution in [2.75, 3.05) is 11.4 Å². The molecule has 2 fully saturated rings. The highest BCUT2D eigenvalue weighted by Gasteiger charge is 2.35. The summed E-state index contributed by atoms with van der Waals surface area (Å²) in [5.41, 5.74) is 1.09. The van der Waals surface area contributed by atoms with Gasteiger partial charge in [0, 0.05) is 18.2 Å². The van der Waals surface area contributed by atoms with Crippen molar-refractivity contribution in [2.45, 2.75) is 51.5 Å². The molecule has 2 atom stereocenters. The van der Waals surface area contributed by atoms with Crippen molar-refractivity contribution in [1.29, 1.82) is 0 Å². The number of carbonyl (C=O) groups is 1. The maximum Gasteiger partial charge on any atom is 0.161 e. The number of piperidine rings is 1. The Bertz CT molecular complexity index is 512. The van der Waals surface area contributed by atoms with Crippen molar-refractivity contribution >= 4 is 11.5 Å². The van der Waals surface area contributed by atoms with E-state index in [9.17, 15) is 9.18 Å². The van der Waals surface area contributed by atoms with Gasteiger partial charge in [0.15, 0.2) is 5.78 Å². The molecule has 1 aliphatic heterocycles. The van der Waals surface area contributed by atoms with Crippen LogP contribution in [0, 0.1) is 11.7 Å². The van der Waals surface area contributed by atoms with E-state index in [4.69, 9.17) is 0 Å². The van der Waals surface area contributed by atoms with Gasteiger partial charge in [-0.05, 0) is 50.7 Å². The van der Waals surface area contributed by atoms with Gasteiger partial charge in [0.2, 0.25) is 0 Å². The van der Waals surface area contributed by atoms with Crippen LogP contribution in [0.2, 0.25) is 0 Å². The zero-order valence-corrected chi connectivity index (χ0v) is 12.1. The van der Waals surface area contributed by atoms with E-state index in [2.05, 4.69) is 4.90 Å². The number of benzene rings is 1. The molecule has 0 aromatic heterocycles. The molecule has 0 bridgehead atoms. The van der Waals surface area contributed by atoms with Crippen molar-refractivity contribution in [1.82, 2.24) is 0 Å². The van der Waals surface area contributed by atoms with Crippen LogP contribution in [0.15, 0.2) is 18.2 Å². The summed E-state index contributed by atoms with van der Waals surface area (Å²) in [6.45, 7) is 2.41. The number of nitrogens with zero attached hydrogens (tertiary/aromatic N) is 1. The third-order valence-corrected chi connectivity index (χ3v) is 4.90. The van der Waals surface area contributed by atoms with Crippen molar-refractivity contribution < 1.29 is 9.18 Å². The van der Waals surface area contributed by atoms with Gasteiger partial charge >= 0.3 is 0 Å². The average Bonchev–Trinajstić information content (AvgIpc) is 2.46. The van der Waals surface area contributed by atoms with Crippen LogP contribution < -0.4 is 4.90 Å². The lowest BCUT2D eigenvalue weighted by Crippen LogP contribution is -2.47. The molecular weight excluding hydrogens is 253 g/mol. The van der Waals surface area contributed by atoms with Gasteiger partial charge in [-0.25, -0.2) is 4.39 Å². The van der Waals surface area contributed by atoms with Gasteiger partial charge in [-0.2, -0.15) is 0 Å². The number of rotatable bonds is 2. The first kappa shape index (κ1) is 13.6. The van der Waals surface area contributed by atoms with Crippen LogP contribution in [-0.4, -0.2) is 18.4 Å². The van der Waals surface area contributed by atoms with Crippen LogP contribution in [0.4, 0.5) is 10.1 Å². The lowest BCUT2D eigenvalue weighted by atomic mass is 9.78. The molecule has 0 amide bonds. The summed E-state index contributed by atoms with van der Waals surface area (Å²) >= 11 is 0. The molecule has 20 heavy (non-hydrogen) atoms. The highest BCUT2D eigenvalue weighted by Crippen LogP contribution is 2.39. The standard InChI is InChI=1S/C17H22FNO/c1-12(20)14-8-4-9-15(18)17(14)19-11-5-7-13-6-2-3-10-16(13)19/h4,8-9,13,16H,2-3,5-7,10-11H2,1H3/t13-,16-/m1/s1. The van der Waals surface area contributed by atoms with Gasteiger partial charge in [0.1, 0.15) is 5.82 Å². The van der Waals surface area contributed by atoms with Crippen molar-refractivity contribution in [3.8, 4) is 0 Å². The number of hydrogen-bond donors (Lipinski definition) is 0. The Morgan fingerprint density at radius 3 is 2.75 bits per heavy atom. The molecule has 1 saturated heterocycles. The highest BCUT2D eigenvalue weighted by atomic mass is 19.1. The van der Waals surface area contributed by atoms with E-state index in [0.717, 1.165) is 19.4 Å². The summed E-state index contributed by atoms with van der Waals surface area (Å²) in [5.74, 6) is 0.387. The number of hydrogen-bond acceptors (Lipinski definition) is 2. The molecule has 0 spiro atoms. The Hall–Kier alpha value is -1.38. The molecule has 1 aromatic rings. The third-order valence-electron chi connectivity index (χ3n) is 4.90. The van der Waals surface area contributed by atoms with Gasteiger partial charge in [-0.15, -0.1) is 0 Å². The van der Waals surface area contributed by atoms with E-state index in [1.807, 2.05) is 0 Å². The van der Waals surface area contributed by atoms with E-state index in [0.29, 0.717) is 23.2 Å². The normalized spacial score (nSPS) is 26.2. The Morgan fingerprint density at radius 2 is 1.95 bits per heavy atom. The summed E-state index contributed by atoms with van der Waals surface area (Å²) in [5, 5.41) is 0. The molecule has 1 aliphatic carbocycles. The Balaban J connectivity index is 2.00. The molecule has 3 heteroatoms. The lowest BCUT2D eigenvalue weighted by molar-refractivity contribution is 0.101. The fourth-order valence-corrected chi connectivity index (χ4v) is 3.99. The minimum Gasteiger partial charge on any atom is -0.365 e. The van der Waals surface area contributed by atoms with Gasteiger partial charge in [0.05, 0.1) is 5.69 Å². The first-order valence-electron chi connectivity index (χ1n) is 7.74. The second-order valence-electron chi connectivity index (χ2n) is 6.14. The number of anilines is 1. The quantitative estimate of drug-likeness (QED) is 0.754. The number of ketones is 1. The minimum absolute atomic E-state index is 0.0440. The number of halogens is 1. The molecule has 2 nitrogen and oxygen atoms in total. The summed E-state index contributed by atoms with van der Waals surface area (Å²) in [7, 11) is 0. The zero-order valence-electron chi connectivity index (χ0n) is 12.1. The Kier molecular flexibility index (Phi) is 3.77. The molecular formula is C17H22FNO. The van der Waals surface area contributed by atoms with E-state index >= 15 is 0 Å². The SMILES string of the molecule is CC(=O)c1cccc(F)c1N1CCC[C@H]2CCCC[C@H]21. The van der Waals surface area contributed by atoms with Crippen LogP contribution in [0.5, 0.6) is 0 Å². The predicted octanol–water partition coefficient (Wildman–Crippen LogP) is 4.19. The Morgan fingerprint density at radius 1 is 1.20 bits per heavy atom. The van der Waals surface area contributed by atoms with Gasteiger partial charge in [0.25, 0.3) is 0 Å². The fraction of sp³-hybridized carbons (Fsp3) is 0.588. The first-order valence-corrected chi connectivity index (χ1v) is 7.74. The molecule has 3 rings (SSSR count). The highest BCUT2D eigenvalue weighted by molar-refractivity contribution is 5.99. The summed E-state index contributed by atoms with van der Waals surface area (Å²) in [6, 6.07) is 5.30. The predicted molar refractivity (Wildman–Crippen MR) is 78.7 cm³/mol. The maximum absolute atomic E-state index is 14.4. The van der Waals surface area contributed by atoms with Crippen LogP contribution in [0.3, 0.4) is 0 Å². The molecule has 1 heterocycles. The second-order valence-corrected chi connectivity index (χ2v) is 6.14. The van der Waals surface area contributed by atoms with Crippen molar-refractivity contribution in [2.24, 2.45) is 5.92 Å². The summed E-state index contributed by atoms with van der Waals surface area (Å²) < 4.78 is 14.4. The summed E-state index contributed by atoms with van der Waals surface area (Å²) in [6.07, 6.45) is 7.27. The number of Topliss-reactive ketones (excluding diaryl/α,β-unsaturated/α-hetero) is 1. The zero-order chi connectivity index (χ0) is 14.1. The molecule has 1 saturated carbocycles. The van der Waals surface area contributed by atoms with E-state index in [-0.39, 0.29) is 11.6 Å². The second kappa shape index (κ2) is 5.55. The number of fused-ring (bicyclic) bond motifs is 1. The summed E-state index contributed by atoms with van der Waals surface area (Å²) in [4.78, 5) is 14.0. The fourth-order valence-electron chi connectivity index (χ4n) is 3.99. The Labute approximate surface area is 120 Å². The van der Waals surface area contributed by atoms with Gasteiger partial charge in [-0.1, -0.05) is 18.9 Å². The van der Waals surface area contributed by atoms with Crippen LogP contribution in [0.25, 0.3) is 0 Å². The smallest absolute Gasteiger partial charge is 0.161 e. The van der Waals surface area contributed by atoms with E-state index < -0.39 is 0 Å². The van der Waals surface area contributed by atoms with Crippen LogP contribution in [0.1, 0.15) is 55.8 Å². The maximum atomic E-state index is 14.4. The topological polar surface area (TPSA) is 20.3 Å². The third kappa shape index (κ3) is 2.34. The van der Waals surface area contributed by atoms with Crippen molar-refractivity contribution in [3.63, 3.8) is 0 Å². The van der Waals surface area contributed by atoms with Gasteiger partial charge < -0.3 is 4.90 Å². The first-order chi connectivity index (χ1) is 9.68. The molecule has 0 N–H and O–H groups in total. The van der Waals surface area contributed by atoms with Crippen LogP contribution >= 0.6 is 0 Å². The molecule has 108 valence electrons. The molecule has 1 aromatic carbocycles. The average molecular weight is 275 g/mol. The molecule has 0 unspecified atom stereocenters. The monoisotopic (exact) mass is 275 g/mol. The van der Waals surface area contributed by atoms with Crippen LogP contribution in [-0.2, 0) is 0 Å². The lowest BCUT2D eigenvalue weighted by Gasteiger charge is -2.46. The largest absolute Gasteiger partial charge is 0.365 e. The molecule has 0 radical (unpaired) electrons. The van der Waals surface area contributed by atoms with E-state index in [1.165, 1.54) is 38.7 Å². The molecule has 2 aliphatic rings. The number of carbonyl (C=O) groups excluding carboxylic acids is 1. The number of para-hydroxylation sites is 1. The minimum atomic E-state index is -0.246. The van der Waals surface area contributed by atoms with Crippen molar-refractivity contribution in [3.05, 3.63) is 29.6 Å². The van der Waals surface area contributed by atoms with E-state index in [1.54, 1.807) is 12.1 Å². The van der Waals surface area contributed by atoms with Gasteiger partial charge in [-0.3, -0.25) is 4.79 Å².